The molecule has 118 heavy (non-hydrogen) atoms. The van der Waals surface area contributed by atoms with E-state index in [0.717, 1.165) is 22.3 Å². The molecule has 2 aliphatic rings. The van der Waals surface area contributed by atoms with Crippen LogP contribution in [0.25, 0.3) is 241 Å². The normalized spacial score (nSPS) is 20.3. The first-order valence-corrected chi connectivity index (χ1v) is 37.1. The molecule has 0 unspecified atom stereocenters. The molecule has 0 heteroatoms. The van der Waals surface area contributed by atoms with Gasteiger partial charge in [-0.25, -0.2) is 0 Å². The van der Waals surface area contributed by atoms with Gasteiger partial charge in [0, 0.05) is 19.1 Å². The molecule has 0 saturated heterocycles. The van der Waals surface area contributed by atoms with E-state index < -0.39 is 458 Å². The topological polar surface area (TPSA) is 0 Å². The van der Waals surface area contributed by atoms with E-state index in [9.17, 15) is 38.4 Å². The van der Waals surface area contributed by atoms with Crippen molar-refractivity contribution in [1.82, 2.24) is 0 Å². The Morgan fingerprint density at radius 2 is 0.559 bits per heavy atom. The fraction of sp³-hybridized carbons (Fsp3) is 0.0508. The Hall–Kier alpha value is -14.6. The minimum atomic E-state index is -4.11. The van der Waals surface area contributed by atoms with Gasteiger partial charge < -0.3 is 0 Å². The van der Waals surface area contributed by atoms with Crippen molar-refractivity contribution >= 4 is 129 Å². The predicted octanol–water partition coefficient (Wildman–Crippen LogP) is 32.9. The zero-order valence-electron chi connectivity index (χ0n) is 117. The average molecular weight is 1550 g/mol. The second-order valence-electron chi connectivity index (χ2n) is 29.5. The first-order chi connectivity index (χ1) is 81.4. The first-order valence-electron chi connectivity index (χ1n) is 65.1. The van der Waals surface area contributed by atoms with Crippen molar-refractivity contribution in [2.75, 3.05) is 0 Å². The average Bonchev–Trinajstić information content (AvgIpc) is 1.48. The molecule has 0 nitrogen and oxygen atoms in total. The molecule has 0 radical (unpaired) electrons. The molecule has 0 heterocycles. The lowest BCUT2D eigenvalue weighted by Gasteiger charge is -2.24. The summed E-state index contributed by atoms with van der Waals surface area (Å²) in [5, 5.41) is -9.66. The van der Waals surface area contributed by atoms with Crippen molar-refractivity contribution in [2.45, 2.75) is 38.4 Å². The van der Waals surface area contributed by atoms with Crippen molar-refractivity contribution in [2.24, 2.45) is 0 Å². The van der Waals surface area contributed by atoms with Crippen molar-refractivity contribution in [1.29, 1.82) is 0 Å². The number of hydrogen-bond donors (Lipinski definition) is 0. The molecule has 0 atom stereocenters. The van der Waals surface area contributed by atoms with Crippen molar-refractivity contribution < 1.29 is 76.8 Å². The Morgan fingerprint density at radius 1 is 0.186 bits per heavy atom. The van der Waals surface area contributed by atoms with Crippen LogP contribution in [0.2, 0.25) is 0 Å². The van der Waals surface area contributed by atoms with E-state index in [1.165, 1.54) is 0 Å². The highest BCUT2D eigenvalue weighted by molar-refractivity contribution is 6.31. The van der Waals surface area contributed by atoms with Crippen LogP contribution >= 0.6 is 0 Å². The van der Waals surface area contributed by atoms with Gasteiger partial charge in [-0.05, 0) is 299 Å². The Balaban J connectivity index is 0.000000178. The molecule has 24 aromatic rings. The van der Waals surface area contributed by atoms with Crippen LogP contribution in [-0.4, -0.2) is 0 Å². The van der Waals surface area contributed by atoms with Crippen LogP contribution in [0.15, 0.2) is 387 Å². The third-order valence-electron chi connectivity index (χ3n) is 22.9. The molecule has 0 saturated carbocycles. The largest absolute Gasteiger partial charge is 0.0636 e. The van der Waals surface area contributed by atoms with Gasteiger partial charge in [-0.1, -0.05) is 378 Å². The van der Waals surface area contributed by atoms with E-state index in [-0.39, 0.29) is 86.9 Å². The molecule has 2 aliphatic carbocycles. The third-order valence-corrected chi connectivity index (χ3v) is 22.9. The molecule has 24 aromatic carbocycles. The van der Waals surface area contributed by atoms with Gasteiger partial charge in [0.2, 0.25) is 0 Å². The summed E-state index contributed by atoms with van der Waals surface area (Å²) in [5.74, 6) is 0. The lowest BCUT2D eigenvalue weighted by atomic mass is 9.79. The first kappa shape index (κ1) is 32.3. The molecular formula is C118H76. The Morgan fingerprint density at radius 3 is 1.05 bits per heavy atom. The summed E-state index contributed by atoms with van der Waals surface area (Å²) in [5.41, 5.74) is -12.6. The van der Waals surface area contributed by atoms with Crippen molar-refractivity contribution in [3.05, 3.63) is 409 Å². The van der Waals surface area contributed by atoms with Gasteiger partial charge in [-0.2, -0.15) is 0 Å². The highest BCUT2D eigenvalue weighted by atomic mass is 14.4. The quantitative estimate of drug-likeness (QED) is 0.133. The fourth-order valence-corrected chi connectivity index (χ4v) is 17.5. The Bertz CT molecular complexity index is 11700. The molecule has 0 spiro atoms. The van der Waals surface area contributed by atoms with Gasteiger partial charge in [0.25, 0.3) is 0 Å². The zero-order chi connectivity index (χ0) is 126. The number of benzene rings is 24. The van der Waals surface area contributed by atoms with Crippen LogP contribution in [0.3, 0.4) is 0 Å². The smallest absolute Gasteiger partial charge is 0.0622 e. The SMILES string of the molecule is [2H]c1c([2H])c([2H])c(-c2c([2H])c(-c3c([2H])c([2H])c4c(c3[2H])C(C([2H])([2H])[2H])(C([2H])([2H])[2H])c3c([2H])c([2H])c([2H])c([2H])c3-4)c(-c3c([2H])c([2H])c4c([2H])c([2H])c5c([2H])c([2H])c([2H])c6c([2H])c([2H])c3c4c56)c([2H])c2-c2c([2H])c([2H])c3c([2H])c([2H])c4c([2H])c([2H])c([2H])c5c([2H])c([2H])c2c3c45)c([2H])c1[2H].[2H]c1c([2H])c2c([2H])c([2H])c3c([2H])c([2H])c(-c4cc(-c5c([2H])c([2H])c6c([2H])c([2H])c7c([2H])c([2H])c([2H])c8c([2H])c([2H])c5c6c78)c(-c5ccc6c(c5)C(C)(C)c5ccccc5-6)cc4-c4ccccc4)c4c([2H])c([2H])c(c1[2H])c2c34. The van der Waals surface area contributed by atoms with Gasteiger partial charge in [-0.15, -0.1) is 0 Å². The summed E-state index contributed by atoms with van der Waals surface area (Å²) in [6, 6.07) is -19.6. The molecule has 26 rings (SSSR count). The lowest BCUT2D eigenvalue weighted by molar-refractivity contribution is 0.660. The van der Waals surface area contributed by atoms with Crippen LogP contribution in [0, 0.1) is 0 Å². The van der Waals surface area contributed by atoms with Gasteiger partial charge in [0.15, 0.2) is 0 Å². The minimum absolute atomic E-state index is 0.0230. The maximum Gasteiger partial charge on any atom is 0.0636 e. The summed E-state index contributed by atoms with van der Waals surface area (Å²) < 4.78 is 526. The number of rotatable bonds is 8. The highest BCUT2D eigenvalue weighted by Crippen LogP contribution is 2.57. The lowest BCUT2D eigenvalue weighted by Crippen LogP contribution is -2.14. The van der Waals surface area contributed by atoms with Gasteiger partial charge >= 0.3 is 0 Å². The summed E-state index contributed by atoms with van der Waals surface area (Å²) in [6.07, 6.45) is 0. The number of fused-ring (bicyclic) bond motifs is 6. The monoisotopic (exact) mass is 1550 g/mol. The van der Waals surface area contributed by atoms with Crippen LogP contribution in [0.5, 0.6) is 0 Å². The zero-order valence-corrected chi connectivity index (χ0v) is 61.1. The molecule has 0 aliphatic heterocycles. The molecule has 0 bridgehead atoms. The molecular weight excluding hydrogens is 1420 g/mol. The van der Waals surface area contributed by atoms with Crippen LogP contribution in [0.4, 0.5) is 0 Å². The minimum Gasteiger partial charge on any atom is -0.0622 e. The van der Waals surface area contributed by atoms with E-state index in [4.69, 9.17) is 38.4 Å². The molecule has 0 amide bonds. The van der Waals surface area contributed by atoms with Gasteiger partial charge in [-0.3, -0.25) is 0 Å². The summed E-state index contributed by atoms with van der Waals surface area (Å²) in [7, 11) is 0. The Kier molecular flexibility index (Phi) is 6.83. The second-order valence-corrected chi connectivity index (χ2v) is 29.5. The predicted molar refractivity (Wildman–Crippen MR) is 506 cm³/mol. The summed E-state index contributed by atoms with van der Waals surface area (Å²) >= 11 is 0. The van der Waals surface area contributed by atoms with Crippen LogP contribution in [0.1, 0.15) is 127 Å². The van der Waals surface area contributed by atoms with E-state index >= 15 is 0 Å². The van der Waals surface area contributed by atoms with E-state index in [0.29, 0.717) is 22.3 Å². The van der Waals surface area contributed by atoms with Crippen molar-refractivity contribution in [3.8, 4) is 111 Å². The molecule has 548 valence electrons. The second kappa shape index (κ2) is 25.0. The molecule has 0 fully saturated rings. The summed E-state index contributed by atoms with van der Waals surface area (Å²) in [4.78, 5) is 0. The number of hydrogen-bond acceptors (Lipinski definition) is 0. The van der Waals surface area contributed by atoms with E-state index in [1.807, 2.05) is 54.6 Å². The molecule has 0 aromatic heterocycles. The standard InChI is InChI=1S/2C59H38/c2*1-59(2)53-17-7-6-16-45(53)46-29-26-42(32-54(46)59)50-33-49(35-10-4-3-5-11-35)51(43-27-22-40-20-18-36-12-8-14-38-24-30-47(43)57(40)55(36)38)34-52(50)44-28-23-41-21-19-37-13-9-15-39-25-31-48(44)58(41)56(37)39/h2*3-34H,1-2H3/i1D3,2D3,3D,4D,5D,6D,7D,8D,9D,10D,11D,12D,13D,14D,15D,16D,17D,18D,19D,20D,21D,22D,23D,24D,25D,26D,27D,28D,29D,30D,31D,32D,33D,34D;8D,9D,12D,13D,14D,15D,18D,19D,20D,21D,22D,23D,24D,25D,27D,28D,30D,31D. The Labute approximate surface area is 763 Å². The van der Waals surface area contributed by atoms with E-state index in [2.05, 4.69) is 26.0 Å². The molecule has 0 N–H and O–H groups in total. The maximum absolute atomic E-state index is 11.0. The van der Waals surface area contributed by atoms with Crippen LogP contribution in [-0.2, 0) is 10.8 Å². The van der Waals surface area contributed by atoms with Gasteiger partial charge in [0.05, 0.1) is 68.5 Å². The summed E-state index contributed by atoms with van der Waals surface area (Å²) in [6.45, 7) is -3.99. The van der Waals surface area contributed by atoms with Crippen molar-refractivity contribution in [3.63, 3.8) is 0 Å². The maximum atomic E-state index is 11.0. The van der Waals surface area contributed by atoms with E-state index in [1.54, 1.807) is 18.2 Å². The van der Waals surface area contributed by atoms with Gasteiger partial charge in [0.1, 0.15) is 0 Å². The van der Waals surface area contributed by atoms with Crippen LogP contribution < -0.4 is 0 Å². The third kappa shape index (κ3) is 9.66. The highest BCUT2D eigenvalue weighted by Gasteiger charge is 2.38. The fourth-order valence-electron chi connectivity index (χ4n) is 17.5.